The first-order chi connectivity index (χ1) is 15.5. The molecule has 1 atom stereocenters. The minimum Gasteiger partial charge on any atom is -0.382 e. The molecular weight excluding hydrogens is 429 g/mol. The van der Waals surface area contributed by atoms with E-state index >= 15 is 0 Å². The van der Waals surface area contributed by atoms with E-state index in [1.165, 1.54) is 28.8 Å². The number of carbonyl (C=O) groups excluding carboxylic acids is 2. The van der Waals surface area contributed by atoms with Crippen molar-refractivity contribution in [3.63, 3.8) is 0 Å². The Labute approximate surface area is 190 Å². The Bertz CT molecular complexity index is 1150. The fourth-order valence-electron chi connectivity index (χ4n) is 4.10. The number of nitrogens with one attached hydrogen (secondary N) is 1. The van der Waals surface area contributed by atoms with Crippen LogP contribution in [0.2, 0.25) is 0 Å². The molecule has 1 unspecified atom stereocenters. The van der Waals surface area contributed by atoms with Gasteiger partial charge in [-0.15, -0.1) is 0 Å². The highest BCUT2D eigenvalue weighted by molar-refractivity contribution is 8.00. The number of rotatable bonds is 7. The summed E-state index contributed by atoms with van der Waals surface area (Å²) in [5.74, 6) is -0.835. The fraction of sp³-hybridized carbons (Fsp3) is 0.333. The molecule has 0 saturated carbocycles. The Morgan fingerprint density at radius 1 is 1.25 bits per heavy atom. The summed E-state index contributed by atoms with van der Waals surface area (Å²) in [6.45, 7) is 3.51. The predicted molar refractivity (Wildman–Crippen MR) is 124 cm³/mol. The Hall–Kier alpha value is -2.84. The molecular formula is C24H26FN3O3S. The molecule has 0 saturated heterocycles. The summed E-state index contributed by atoms with van der Waals surface area (Å²) in [5, 5.41) is 4.74. The standard InChI is InChI=1S/C24H26FN3O3S/c1-3-31-13-7-12-26-23(30)22-21-18-10-4-5-11-19(18)27(2)24(21)32-15-20(29)28(22)17-9-6-8-16(25)14-17/h4-6,8-11,14,22H,3,7,12-13,15H2,1-2H3,(H,26,30). The van der Waals surface area contributed by atoms with Crippen molar-refractivity contribution < 1.29 is 18.7 Å². The molecule has 168 valence electrons. The number of hydrogen-bond donors (Lipinski definition) is 1. The molecule has 2 amide bonds. The number of carbonyl (C=O) groups is 2. The number of aromatic nitrogens is 1. The second-order valence-corrected chi connectivity index (χ2v) is 8.54. The number of anilines is 1. The van der Waals surface area contributed by atoms with Crippen molar-refractivity contribution in [2.45, 2.75) is 24.4 Å². The molecule has 0 radical (unpaired) electrons. The monoisotopic (exact) mass is 455 g/mol. The lowest BCUT2D eigenvalue weighted by molar-refractivity contribution is -0.125. The van der Waals surface area contributed by atoms with Crippen molar-refractivity contribution in [2.24, 2.45) is 7.05 Å². The maximum atomic E-state index is 14.1. The van der Waals surface area contributed by atoms with Gasteiger partial charge in [0.1, 0.15) is 11.9 Å². The van der Waals surface area contributed by atoms with Gasteiger partial charge in [0.05, 0.1) is 10.8 Å². The zero-order chi connectivity index (χ0) is 22.7. The van der Waals surface area contributed by atoms with Gasteiger partial charge in [0.2, 0.25) is 11.8 Å². The molecule has 0 aliphatic carbocycles. The maximum Gasteiger partial charge on any atom is 0.247 e. The molecule has 6 nitrogen and oxygen atoms in total. The van der Waals surface area contributed by atoms with E-state index in [-0.39, 0.29) is 17.6 Å². The molecule has 4 rings (SSSR count). The molecule has 2 aromatic carbocycles. The van der Waals surface area contributed by atoms with E-state index in [9.17, 15) is 14.0 Å². The van der Waals surface area contributed by atoms with Crippen LogP contribution in [0.4, 0.5) is 10.1 Å². The van der Waals surface area contributed by atoms with Gasteiger partial charge in [-0.05, 0) is 37.6 Å². The first kappa shape index (κ1) is 22.4. The van der Waals surface area contributed by atoms with Gasteiger partial charge < -0.3 is 14.6 Å². The number of hydrogen-bond acceptors (Lipinski definition) is 4. The Morgan fingerprint density at radius 2 is 2.06 bits per heavy atom. The third kappa shape index (κ3) is 4.25. The fourth-order valence-corrected chi connectivity index (χ4v) is 5.17. The van der Waals surface area contributed by atoms with Gasteiger partial charge in [-0.1, -0.05) is 36.0 Å². The molecule has 8 heteroatoms. The number of thioether (sulfide) groups is 1. The molecule has 1 aliphatic heterocycles. The molecule has 0 spiro atoms. The first-order valence-electron chi connectivity index (χ1n) is 10.7. The average Bonchev–Trinajstić information content (AvgIpc) is 2.96. The number of aryl methyl sites for hydroxylation is 1. The average molecular weight is 456 g/mol. The van der Waals surface area contributed by atoms with Crippen LogP contribution in [0.3, 0.4) is 0 Å². The number of nitrogens with zero attached hydrogens (tertiary/aromatic N) is 2. The maximum absolute atomic E-state index is 14.1. The molecule has 3 aromatic rings. The number of halogens is 1. The molecule has 1 aromatic heterocycles. The third-order valence-electron chi connectivity index (χ3n) is 5.53. The number of fused-ring (bicyclic) bond motifs is 3. The van der Waals surface area contributed by atoms with Crippen LogP contribution in [-0.4, -0.2) is 41.9 Å². The van der Waals surface area contributed by atoms with Crippen LogP contribution in [0.1, 0.15) is 24.9 Å². The number of amides is 2. The molecule has 1 N–H and O–H groups in total. The van der Waals surface area contributed by atoms with Crippen molar-refractivity contribution in [2.75, 3.05) is 30.4 Å². The minimum atomic E-state index is -0.910. The van der Waals surface area contributed by atoms with E-state index in [2.05, 4.69) is 5.32 Å². The lowest BCUT2D eigenvalue weighted by Crippen LogP contribution is -2.44. The molecule has 2 heterocycles. The summed E-state index contributed by atoms with van der Waals surface area (Å²) < 4.78 is 21.5. The van der Waals surface area contributed by atoms with Crippen molar-refractivity contribution in [1.29, 1.82) is 0 Å². The van der Waals surface area contributed by atoms with Crippen molar-refractivity contribution in [3.8, 4) is 0 Å². The summed E-state index contributed by atoms with van der Waals surface area (Å²) in [6, 6.07) is 12.8. The highest BCUT2D eigenvalue weighted by atomic mass is 32.2. The Balaban J connectivity index is 1.81. The third-order valence-corrected chi connectivity index (χ3v) is 6.69. The van der Waals surface area contributed by atoms with E-state index in [4.69, 9.17) is 4.74 Å². The van der Waals surface area contributed by atoms with Crippen molar-refractivity contribution >= 4 is 40.2 Å². The van der Waals surface area contributed by atoms with E-state index in [1.54, 1.807) is 12.1 Å². The second kappa shape index (κ2) is 9.75. The summed E-state index contributed by atoms with van der Waals surface area (Å²) in [6.07, 6.45) is 0.664. The number of para-hydroxylation sites is 1. The van der Waals surface area contributed by atoms with Crippen molar-refractivity contribution in [1.82, 2.24) is 9.88 Å². The van der Waals surface area contributed by atoms with Crippen LogP contribution in [0.15, 0.2) is 53.6 Å². The lowest BCUT2D eigenvalue weighted by atomic mass is 10.0. The zero-order valence-electron chi connectivity index (χ0n) is 18.1. The number of ether oxygens (including phenoxy) is 1. The largest absolute Gasteiger partial charge is 0.382 e. The highest BCUT2D eigenvalue weighted by Crippen LogP contribution is 2.43. The first-order valence-corrected chi connectivity index (χ1v) is 11.6. The van der Waals surface area contributed by atoms with Gasteiger partial charge in [-0.25, -0.2) is 4.39 Å². The quantitative estimate of drug-likeness (QED) is 0.546. The summed E-state index contributed by atoms with van der Waals surface area (Å²) in [4.78, 5) is 28.2. The second-order valence-electron chi connectivity index (χ2n) is 7.57. The van der Waals surface area contributed by atoms with Gasteiger partial charge >= 0.3 is 0 Å². The summed E-state index contributed by atoms with van der Waals surface area (Å²) >= 11 is 1.41. The Morgan fingerprint density at radius 3 is 2.84 bits per heavy atom. The Kier molecular flexibility index (Phi) is 6.81. The van der Waals surface area contributed by atoms with Crippen LogP contribution >= 0.6 is 11.8 Å². The van der Waals surface area contributed by atoms with Crippen LogP contribution < -0.4 is 10.2 Å². The smallest absolute Gasteiger partial charge is 0.247 e. The predicted octanol–water partition coefficient (Wildman–Crippen LogP) is 4.04. The van der Waals surface area contributed by atoms with Crippen LogP contribution in [0, 0.1) is 5.82 Å². The van der Waals surface area contributed by atoms with Gasteiger partial charge in [0.25, 0.3) is 0 Å². The number of benzene rings is 2. The van der Waals surface area contributed by atoms with Gasteiger partial charge in [0, 0.05) is 49.0 Å². The van der Waals surface area contributed by atoms with Crippen LogP contribution in [-0.2, 0) is 21.4 Å². The highest BCUT2D eigenvalue weighted by Gasteiger charge is 2.39. The van der Waals surface area contributed by atoms with Gasteiger partial charge in [-0.3, -0.25) is 14.5 Å². The van der Waals surface area contributed by atoms with E-state index in [1.807, 2.05) is 42.8 Å². The molecule has 0 bridgehead atoms. The van der Waals surface area contributed by atoms with Crippen LogP contribution in [0.25, 0.3) is 10.9 Å². The summed E-state index contributed by atoms with van der Waals surface area (Å²) in [5.41, 5.74) is 2.11. The normalized spacial score (nSPS) is 16.2. The molecule has 1 aliphatic rings. The SMILES string of the molecule is CCOCCCNC(=O)C1c2c(n(C)c3ccccc23)SCC(=O)N1c1cccc(F)c1. The van der Waals surface area contributed by atoms with E-state index in [0.29, 0.717) is 31.9 Å². The van der Waals surface area contributed by atoms with E-state index in [0.717, 1.165) is 21.5 Å². The molecule has 32 heavy (non-hydrogen) atoms. The topological polar surface area (TPSA) is 63.6 Å². The minimum absolute atomic E-state index is 0.155. The van der Waals surface area contributed by atoms with E-state index < -0.39 is 11.9 Å². The lowest BCUT2D eigenvalue weighted by Gasteiger charge is -2.30. The van der Waals surface area contributed by atoms with Crippen LogP contribution in [0.5, 0.6) is 0 Å². The van der Waals surface area contributed by atoms with Crippen molar-refractivity contribution in [3.05, 3.63) is 59.9 Å². The summed E-state index contributed by atoms with van der Waals surface area (Å²) in [7, 11) is 1.94. The van der Waals surface area contributed by atoms with Gasteiger partial charge in [0.15, 0.2) is 0 Å². The zero-order valence-corrected chi connectivity index (χ0v) is 19.0. The van der Waals surface area contributed by atoms with Gasteiger partial charge in [-0.2, -0.15) is 0 Å². The molecule has 0 fully saturated rings.